The van der Waals surface area contributed by atoms with Crippen LogP contribution in [-0.2, 0) is 4.74 Å². The second kappa shape index (κ2) is 5.20. The molecule has 1 aromatic carbocycles. The van der Waals surface area contributed by atoms with E-state index in [4.69, 9.17) is 9.72 Å². The number of thiazole rings is 1. The maximum absolute atomic E-state index is 5.43. The first-order valence-electron chi connectivity index (χ1n) is 7.23. The number of hydrogen-bond donors (Lipinski definition) is 1. The van der Waals surface area contributed by atoms with Crippen LogP contribution in [0, 0.1) is 0 Å². The van der Waals surface area contributed by atoms with Crippen molar-refractivity contribution >= 4 is 26.7 Å². The minimum atomic E-state index is 0.805. The summed E-state index contributed by atoms with van der Waals surface area (Å²) in [4.78, 5) is 7.09. The molecule has 4 rings (SSSR count). The Morgan fingerprint density at radius 2 is 2.05 bits per heavy atom. The second-order valence-electron chi connectivity index (χ2n) is 5.39. The molecule has 1 fully saturated rings. The molecule has 2 aliphatic heterocycles. The maximum Gasteiger partial charge on any atom is 0.205 e. The minimum absolute atomic E-state index is 0.805. The lowest BCUT2D eigenvalue weighted by Gasteiger charge is -2.31. The van der Waals surface area contributed by atoms with E-state index in [0.29, 0.717) is 0 Å². The minimum Gasteiger partial charge on any atom is -0.378 e. The van der Waals surface area contributed by atoms with Gasteiger partial charge >= 0.3 is 0 Å². The molecule has 5 nitrogen and oxygen atoms in total. The predicted molar refractivity (Wildman–Crippen MR) is 85.2 cm³/mol. The standard InChI is InChI=1S/C15H18N4OS/c1-11-10-19(17-14(11)18-6-8-20-9-7-18)15-16-12-4-2-3-5-13(12)21-15/h2-5,17H,6-10H2,1H3. The molecule has 0 amide bonds. The molecule has 0 atom stereocenters. The number of fused-ring (bicyclic) bond motifs is 1. The van der Waals surface area contributed by atoms with E-state index < -0.39 is 0 Å². The van der Waals surface area contributed by atoms with Crippen LogP contribution < -0.4 is 10.4 Å². The lowest BCUT2D eigenvalue weighted by atomic mass is 10.3. The molecule has 1 aromatic heterocycles. The van der Waals surface area contributed by atoms with Gasteiger partial charge in [0.1, 0.15) is 5.82 Å². The Labute approximate surface area is 127 Å². The van der Waals surface area contributed by atoms with E-state index in [0.717, 1.165) is 43.5 Å². The highest BCUT2D eigenvalue weighted by Gasteiger charge is 2.26. The van der Waals surface area contributed by atoms with Crippen molar-refractivity contribution in [3.8, 4) is 0 Å². The molecule has 21 heavy (non-hydrogen) atoms. The number of aromatic nitrogens is 1. The fourth-order valence-corrected chi connectivity index (χ4v) is 3.72. The number of nitrogens with zero attached hydrogens (tertiary/aromatic N) is 3. The van der Waals surface area contributed by atoms with Crippen LogP contribution >= 0.6 is 11.3 Å². The van der Waals surface area contributed by atoms with E-state index >= 15 is 0 Å². The van der Waals surface area contributed by atoms with E-state index in [1.807, 2.05) is 6.07 Å². The fraction of sp³-hybridized carbons (Fsp3) is 0.400. The number of rotatable bonds is 2. The summed E-state index contributed by atoms with van der Waals surface area (Å²) in [5.74, 6) is 1.22. The molecule has 110 valence electrons. The third kappa shape index (κ3) is 2.34. The van der Waals surface area contributed by atoms with Gasteiger partial charge in [-0.15, -0.1) is 0 Å². The van der Waals surface area contributed by atoms with Crippen molar-refractivity contribution in [1.82, 2.24) is 15.3 Å². The van der Waals surface area contributed by atoms with Gasteiger partial charge in [-0.1, -0.05) is 23.5 Å². The van der Waals surface area contributed by atoms with Crippen LogP contribution in [-0.4, -0.2) is 42.7 Å². The lowest BCUT2D eigenvalue weighted by Crippen LogP contribution is -2.42. The van der Waals surface area contributed by atoms with Crippen LogP contribution in [0.15, 0.2) is 35.7 Å². The molecule has 1 N–H and O–H groups in total. The van der Waals surface area contributed by atoms with Crippen molar-refractivity contribution in [2.75, 3.05) is 37.9 Å². The summed E-state index contributed by atoms with van der Waals surface area (Å²) in [6, 6.07) is 8.28. The first kappa shape index (κ1) is 12.9. The molecular weight excluding hydrogens is 284 g/mol. The molecule has 0 bridgehead atoms. The maximum atomic E-state index is 5.43. The summed E-state index contributed by atoms with van der Waals surface area (Å²) >= 11 is 1.73. The van der Waals surface area contributed by atoms with Crippen LogP contribution in [0.2, 0.25) is 0 Å². The van der Waals surface area contributed by atoms with Gasteiger partial charge in [-0.3, -0.25) is 10.4 Å². The Bertz CT molecular complexity index is 657. The number of hydrogen-bond acceptors (Lipinski definition) is 6. The van der Waals surface area contributed by atoms with Crippen LogP contribution in [0.4, 0.5) is 5.13 Å². The third-order valence-electron chi connectivity index (χ3n) is 3.88. The van der Waals surface area contributed by atoms with Crippen molar-refractivity contribution in [3.63, 3.8) is 0 Å². The highest BCUT2D eigenvalue weighted by Crippen LogP contribution is 2.30. The van der Waals surface area contributed by atoms with Crippen LogP contribution in [0.25, 0.3) is 10.2 Å². The van der Waals surface area contributed by atoms with Gasteiger partial charge in [0.15, 0.2) is 0 Å². The molecule has 0 spiro atoms. The van der Waals surface area contributed by atoms with E-state index in [1.165, 1.54) is 16.1 Å². The Morgan fingerprint density at radius 3 is 2.86 bits per heavy atom. The van der Waals surface area contributed by atoms with Crippen molar-refractivity contribution in [3.05, 3.63) is 35.7 Å². The van der Waals surface area contributed by atoms with Gasteiger partial charge in [-0.05, 0) is 24.6 Å². The van der Waals surface area contributed by atoms with E-state index in [9.17, 15) is 0 Å². The zero-order chi connectivity index (χ0) is 14.2. The number of nitrogens with one attached hydrogen (secondary N) is 1. The normalized spacial score (nSPS) is 19.5. The van der Waals surface area contributed by atoms with Gasteiger partial charge < -0.3 is 9.64 Å². The van der Waals surface area contributed by atoms with Crippen LogP contribution in [0.5, 0.6) is 0 Å². The topological polar surface area (TPSA) is 40.6 Å². The summed E-state index contributed by atoms with van der Waals surface area (Å²) in [5, 5.41) is 3.17. The molecule has 0 radical (unpaired) electrons. The van der Waals surface area contributed by atoms with Crippen molar-refractivity contribution in [2.24, 2.45) is 0 Å². The Kier molecular flexibility index (Phi) is 3.20. The first-order chi connectivity index (χ1) is 10.3. The third-order valence-corrected chi connectivity index (χ3v) is 4.94. The van der Waals surface area contributed by atoms with E-state index in [2.05, 4.69) is 40.5 Å². The average Bonchev–Trinajstić information content (AvgIpc) is 3.11. The molecule has 1 saturated heterocycles. The van der Waals surface area contributed by atoms with Crippen molar-refractivity contribution < 1.29 is 4.74 Å². The first-order valence-corrected chi connectivity index (χ1v) is 8.05. The molecule has 0 saturated carbocycles. The highest BCUT2D eigenvalue weighted by atomic mass is 32.1. The molecule has 6 heteroatoms. The predicted octanol–water partition coefficient (Wildman–Crippen LogP) is 2.18. The SMILES string of the molecule is CC1=C(N2CCOCC2)NN(c2nc3ccccc3s2)C1. The zero-order valence-electron chi connectivity index (χ0n) is 12.0. The monoisotopic (exact) mass is 302 g/mol. The Morgan fingerprint density at radius 1 is 1.24 bits per heavy atom. The molecule has 2 aliphatic rings. The van der Waals surface area contributed by atoms with E-state index in [-0.39, 0.29) is 0 Å². The number of para-hydroxylation sites is 1. The fourth-order valence-electron chi connectivity index (χ4n) is 2.79. The van der Waals surface area contributed by atoms with E-state index in [1.54, 1.807) is 11.3 Å². The van der Waals surface area contributed by atoms with Gasteiger partial charge in [0.05, 0.1) is 30.0 Å². The van der Waals surface area contributed by atoms with Gasteiger partial charge in [0.25, 0.3) is 0 Å². The number of anilines is 1. The Balaban J connectivity index is 1.56. The summed E-state index contributed by atoms with van der Waals surface area (Å²) in [6.07, 6.45) is 0. The smallest absolute Gasteiger partial charge is 0.205 e. The second-order valence-corrected chi connectivity index (χ2v) is 6.40. The molecule has 3 heterocycles. The number of hydrazine groups is 1. The summed E-state index contributed by atoms with van der Waals surface area (Å²) in [6.45, 7) is 6.58. The quantitative estimate of drug-likeness (QED) is 0.921. The van der Waals surface area contributed by atoms with Gasteiger partial charge in [0.2, 0.25) is 5.13 Å². The zero-order valence-corrected chi connectivity index (χ0v) is 12.8. The van der Waals surface area contributed by atoms with Crippen LogP contribution in [0.1, 0.15) is 6.92 Å². The number of morpholine rings is 1. The van der Waals surface area contributed by atoms with Crippen molar-refractivity contribution in [2.45, 2.75) is 6.92 Å². The summed E-state index contributed by atoms with van der Waals surface area (Å²) < 4.78 is 6.66. The van der Waals surface area contributed by atoms with Crippen molar-refractivity contribution in [1.29, 1.82) is 0 Å². The van der Waals surface area contributed by atoms with Crippen LogP contribution in [0.3, 0.4) is 0 Å². The molecular formula is C15H18N4OS. The number of ether oxygens (including phenoxy) is 1. The summed E-state index contributed by atoms with van der Waals surface area (Å²) in [5.41, 5.74) is 5.94. The highest BCUT2D eigenvalue weighted by molar-refractivity contribution is 7.22. The van der Waals surface area contributed by atoms with Gasteiger partial charge in [0, 0.05) is 13.1 Å². The summed E-state index contributed by atoms with van der Waals surface area (Å²) in [7, 11) is 0. The van der Waals surface area contributed by atoms with Gasteiger partial charge in [-0.25, -0.2) is 4.98 Å². The molecule has 2 aromatic rings. The average molecular weight is 302 g/mol. The largest absolute Gasteiger partial charge is 0.378 e. The van der Waals surface area contributed by atoms with Gasteiger partial charge in [-0.2, -0.15) is 0 Å². The lowest BCUT2D eigenvalue weighted by molar-refractivity contribution is 0.0506. The molecule has 0 unspecified atom stereocenters. The molecule has 0 aliphatic carbocycles. The Hall–Kier alpha value is -1.79. The number of benzene rings is 1.